The fourth-order valence-electron chi connectivity index (χ4n) is 3.86. The molecule has 4 heteroatoms. The van der Waals surface area contributed by atoms with E-state index >= 15 is 0 Å². The van der Waals surface area contributed by atoms with Gasteiger partial charge in [0.1, 0.15) is 5.82 Å². The van der Waals surface area contributed by atoms with E-state index in [-0.39, 0.29) is 23.7 Å². The Hall–Kier alpha value is -1.42. The van der Waals surface area contributed by atoms with Gasteiger partial charge in [-0.25, -0.2) is 4.39 Å². The Kier molecular flexibility index (Phi) is 3.05. The van der Waals surface area contributed by atoms with Crippen LogP contribution in [-0.2, 0) is 4.79 Å². The topological polar surface area (TPSA) is 40.5 Å². The van der Waals surface area contributed by atoms with Crippen molar-refractivity contribution in [2.24, 2.45) is 5.92 Å². The number of aliphatic carboxylic acids is 1. The van der Waals surface area contributed by atoms with Gasteiger partial charge in [0.15, 0.2) is 0 Å². The molecule has 0 amide bonds. The van der Waals surface area contributed by atoms with Gasteiger partial charge in [-0.15, -0.1) is 0 Å². The fourth-order valence-corrected chi connectivity index (χ4v) is 3.86. The van der Waals surface area contributed by atoms with Crippen molar-refractivity contribution in [2.45, 2.75) is 37.3 Å². The lowest BCUT2D eigenvalue weighted by atomic mass is 9.76. The van der Waals surface area contributed by atoms with Gasteiger partial charge >= 0.3 is 5.97 Å². The summed E-state index contributed by atoms with van der Waals surface area (Å²) in [7, 11) is 2.03. The molecule has 0 spiro atoms. The Morgan fingerprint density at radius 1 is 1.32 bits per heavy atom. The quantitative estimate of drug-likeness (QED) is 0.891. The molecular formula is C15H18FNO2. The van der Waals surface area contributed by atoms with Gasteiger partial charge in [-0.3, -0.25) is 9.69 Å². The number of carboxylic acids is 1. The number of rotatable bonds is 2. The third-order valence-corrected chi connectivity index (χ3v) is 4.85. The second-order valence-corrected chi connectivity index (χ2v) is 5.72. The maximum atomic E-state index is 13.0. The molecule has 3 rings (SSSR count). The number of carbonyl (C=O) groups is 1. The predicted molar refractivity (Wildman–Crippen MR) is 69.5 cm³/mol. The average Bonchev–Trinajstić information content (AvgIpc) is 2.63. The number of benzene rings is 1. The van der Waals surface area contributed by atoms with Crippen molar-refractivity contribution >= 4 is 5.97 Å². The van der Waals surface area contributed by atoms with Crippen LogP contribution in [0.2, 0.25) is 0 Å². The summed E-state index contributed by atoms with van der Waals surface area (Å²) in [6, 6.07) is 6.91. The van der Waals surface area contributed by atoms with Crippen LogP contribution >= 0.6 is 0 Å². The predicted octanol–water partition coefficient (Wildman–Crippen LogP) is 2.48. The number of hydrogen-bond acceptors (Lipinski definition) is 2. The summed E-state index contributed by atoms with van der Waals surface area (Å²) >= 11 is 0. The van der Waals surface area contributed by atoms with Gasteiger partial charge in [-0.2, -0.15) is 0 Å². The summed E-state index contributed by atoms with van der Waals surface area (Å²) in [5.74, 6) is -1.38. The molecular weight excluding hydrogens is 245 g/mol. The number of nitrogens with zero attached hydrogens (tertiary/aromatic N) is 1. The molecule has 1 aromatic rings. The molecule has 2 heterocycles. The van der Waals surface area contributed by atoms with E-state index < -0.39 is 5.97 Å². The zero-order valence-corrected chi connectivity index (χ0v) is 10.9. The summed E-state index contributed by atoms with van der Waals surface area (Å²) in [6.45, 7) is 0. The number of hydrogen-bond donors (Lipinski definition) is 1. The molecule has 0 unspecified atom stereocenters. The molecule has 102 valence electrons. The third-order valence-electron chi connectivity index (χ3n) is 4.85. The first kappa shape index (κ1) is 12.6. The van der Waals surface area contributed by atoms with Gasteiger partial charge in [-0.1, -0.05) is 12.1 Å². The second-order valence-electron chi connectivity index (χ2n) is 5.72. The number of fused-ring (bicyclic) bond motifs is 2. The average molecular weight is 263 g/mol. The van der Waals surface area contributed by atoms with Crippen molar-refractivity contribution < 1.29 is 14.3 Å². The summed E-state index contributed by atoms with van der Waals surface area (Å²) in [5, 5.41) is 9.56. The van der Waals surface area contributed by atoms with E-state index in [1.807, 2.05) is 7.05 Å². The maximum Gasteiger partial charge on any atom is 0.308 e. The summed E-state index contributed by atoms with van der Waals surface area (Å²) in [5.41, 5.74) is 0.957. The van der Waals surface area contributed by atoms with Gasteiger partial charge in [0.05, 0.1) is 5.92 Å². The Balaban J connectivity index is 1.95. The van der Waals surface area contributed by atoms with E-state index in [0.29, 0.717) is 6.04 Å². The molecule has 2 saturated heterocycles. The molecule has 4 atom stereocenters. The number of carboxylic acid groups (broad SMARTS) is 1. The fraction of sp³-hybridized carbons (Fsp3) is 0.533. The molecule has 0 saturated carbocycles. The lowest BCUT2D eigenvalue weighted by Gasteiger charge is -2.41. The molecule has 2 bridgehead atoms. The molecule has 2 fully saturated rings. The van der Waals surface area contributed by atoms with E-state index in [9.17, 15) is 14.3 Å². The van der Waals surface area contributed by atoms with Crippen molar-refractivity contribution in [3.8, 4) is 0 Å². The van der Waals surface area contributed by atoms with Crippen molar-refractivity contribution in [3.05, 3.63) is 35.6 Å². The lowest BCUT2D eigenvalue weighted by molar-refractivity contribution is -0.146. The first-order valence-corrected chi connectivity index (χ1v) is 6.78. The van der Waals surface area contributed by atoms with Crippen LogP contribution in [0.25, 0.3) is 0 Å². The first-order chi connectivity index (χ1) is 9.08. The highest BCUT2D eigenvalue weighted by atomic mass is 19.1. The van der Waals surface area contributed by atoms with Gasteiger partial charge in [0.25, 0.3) is 0 Å². The highest BCUT2D eigenvalue weighted by molar-refractivity contribution is 5.73. The highest BCUT2D eigenvalue weighted by Gasteiger charge is 2.49. The molecule has 0 aromatic heterocycles. The molecule has 0 radical (unpaired) electrons. The van der Waals surface area contributed by atoms with Crippen LogP contribution in [0.15, 0.2) is 24.3 Å². The van der Waals surface area contributed by atoms with Crippen molar-refractivity contribution in [3.63, 3.8) is 0 Å². The minimum Gasteiger partial charge on any atom is -0.481 e. The highest BCUT2D eigenvalue weighted by Crippen LogP contribution is 2.46. The molecule has 2 aliphatic rings. The monoisotopic (exact) mass is 263 g/mol. The zero-order valence-electron chi connectivity index (χ0n) is 10.9. The van der Waals surface area contributed by atoms with Crippen LogP contribution in [0, 0.1) is 11.7 Å². The van der Waals surface area contributed by atoms with E-state index in [1.165, 1.54) is 12.1 Å². The molecule has 0 aliphatic carbocycles. The van der Waals surface area contributed by atoms with Gasteiger partial charge in [0, 0.05) is 18.0 Å². The molecule has 19 heavy (non-hydrogen) atoms. The van der Waals surface area contributed by atoms with Crippen molar-refractivity contribution in [1.82, 2.24) is 4.90 Å². The molecule has 3 nitrogen and oxygen atoms in total. The van der Waals surface area contributed by atoms with E-state index in [0.717, 1.165) is 24.8 Å². The summed E-state index contributed by atoms with van der Waals surface area (Å²) in [6.07, 6.45) is 2.88. The molecule has 1 aromatic carbocycles. The minimum atomic E-state index is -0.730. The normalized spacial score (nSPS) is 34.4. The first-order valence-electron chi connectivity index (χ1n) is 6.78. The van der Waals surface area contributed by atoms with Crippen LogP contribution in [0.3, 0.4) is 0 Å². The van der Waals surface area contributed by atoms with E-state index in [2.05, 4.69) is 4.90 Å². The molecule has 1 N–H and O–H groups in total. The SMILES string of the molecule is CN1[C@H]2CC[C@@H]1[C@H](C(=O)O)[C@@H](c1ccc(F)cc1)C2. The Bertz CT molecular complexity index is 487. The van der Waals surface area contributed by atoms with Crippen LogP contribution < -0.4 is 0 Å². The van der Waals surface area contributed by atoms with Gasteiger partial charge < -0.3 is 5.11 Å². The van der Waals surface area contributed by atoms with Crippen molar-refractivity contribution in [1.29, 1.82) is 0 Å². The van der Waals surface area contributed by atoms with Crippen molar-refractivity contribution in [2.75, 3.05) is 7.05 Å². The zero-order chi connectivity index (χ0) is 13.6. The number of piperidine rings is 1. The smallest absolute Gasteiger partial charge is 0.308 e. The molecule has 2 aliphatic heterocycles. The Labute approximate surface area is 112 Å². The maximum absolute atomic E-state index is 13.0. The minimum absolute atomic E-state index is 0.00630. The Morgan fingerprint density at radius 2 is 2.00 bits per heavy atom. The summed E-state index contributed by atoms with van der Waals surface area (Å²) in [4.78, 5) is 13.9. The van der Waals surface area contributed by atoms with Crippen LogP contribution in [0.5, 0.6) is 0 Å². The van der Waals surface area contributed by atoms with Gasteiger partial charge in [0.2, 0.25) is 0 Å². The lowest BCUT2D eigenvalue weighted by Crippen LogP contribution is -2.48. The Morgan fingerprint density at radius 3 is 2.63 bits per heavy atom. The number of halogens is 1. The van der Waals surface area contributed by atoms with Crippen LogP contribution in [0.4, 0.5) is 4.39 Å². The van der Waals surface area contributed by atoms with E-state index in [4.69, 9.17) is 0 Å². The third kappa shape index (κ3) is 2.04. The van der Waals surface area contributed by atoms with Gasteiger partial charge in [-0.05, 0) is 44.0 Å². The van der Waals surface area contributed by atoms with Crippen LogP contribution in [-0.4, -0.2) is 35.1 Å². The second kappa shape index (κ2) is 4.60. The standard InChI is InChI=1S/C15H18FNO2/c1-17-11-6-7-13(17)14(15(18)19)12(8-11)9-2-4-10(16)5-3-9/h2-5,11-14H,6-8H2,1H3,(H,18,19)/t11-,12+,13+,14+/m0/s1. The summed E-state index contributed by atoms with van der Waals surface area (Å²) < 4.78 is 13.0. The van der Waals surface area contributed by atoms with Crippen LogP contribution in [0.1, 0.15) is 30.7 Å². The largest absolute Gasteiger partial charge is 0.481 e. The van der Waals surface area contributed by atoms with E-state index in [1.54, 1.807) is 12.1 Å².